The molecule has 0 radical (unpaired) electrons. The first-order chi connectivity index (χ1) is 9.04. The molecule has 0 aliphatic rings. The van der Waals surface area contributed by atoms with Crippen molar-refractivity contribution in [2.45, 2.75) is 6.92 Å². The van der Waals surface area contributed by atoms with Gasteiger partial charge in [-0.25, -0.2) is 0 Å². The van der Waals surface area contributed by atoms with E-state index in [1.807, 2.05) is 31.2 Å². The second-order valence-corrected chi connectivity index (χ2v) is 5.34. The number of fused-ring (bicyclic) bond motifs is 1. The highest BCUT2D eigenvalue weighted by Crippen LogP contribution is 2.31. The van der Waals surface area contributed by atoms with Gasteiger partial charge in [0, 0.05) is 11.7 Å². The fourth-order valence-electron chi connectivity index (χ4n) is 1.88. The van der Waals surface area contributed by atoms with Crippen LogP contribution in [0, 0.1) is 6.92 Å². The van der Waals surface area contributed by atoms with Crippen LogP contribution in [0.4, 0.5) is 0 Å². The number of thiophene rings is 1. The van der Waals surface area contributed by atoms with Gasteiger partial charge in [-0.15, -0.1) is 11.3 Å². The lowest BCUT2D eigenvalue weighted by Gasteiger charge is -2.14. The minimum absolute atomic E-state index is 0.0387. The average Bonchev–Trinajstić information content (AvgIpc) is 2.75. The third-order valence-corrected chi connectivity index (χ3v) is 4.24. The number of likely N-dealkylation sites (N-methyl/N-ethyl adjacent to an activating group) is 1. The van der Waals surface area contributed by atoms with Gasteiger partial charge in [0.1, 0.15) is 6.54 Å². The van der Waals surface area contributed by atoms with Crippen LogP contribution in [0.2, 0.25) is 0 Å². The van der Waals surface area contributed by atoms with Crippen LogP contribution >= 0.6 is 11.3 Å². The summed E-state index contributed by atoms with van der Waals surface area (Å²) in [6, 6.07) is 7.89. The van der Waals surface area contributed by atoms with Crippen molar-refractivity contribution in [1.82, 2.24) is 4.90 Å². The minimum Gasteiger partial charge on any atom is -0.468 e. The van der Waals surface area contributed by atoms with Crippen LogP contribution in [0.3, 0.4) is 0 Å². The van der Waals surface area contributed by atoms with E-state index in [0.29, 0.717) is 4.88 Å². The highest BCUT2D eigenvalue weighted by Gasteiger charge is 2.20. The molecular formula is C14H15NO3S. The number of carbonyl (C=O) groups is 2. The quantitative estimate of drug-likeness (QED) is 0.810. The number of amides is 1. The summed E-state index contributed by atoms with van der Waals surface area (Å²) in [6.07, 6.45) is 0. The van der Waals surface area contributed by atoms with Crippen molar-refractivity contribution in [3.05, 3.63) is 34.7 Å². The van der Waals surface area contributed by atoms with Gasteiger partial charge in [-0.05, 0) is 23.9 Å². The van der Waals surface area contributed by atoms with Gasteiger partial charge in [-0.2, -0.15) is 0 Å². The molecule has 0 spiro atoms. The number of ether oxygens (including phenoxy) is 1. The fraction of sp³-hybridized carbons (Fsp3) is 0.286. The first-order valence-corrected chi connectivity index (χ1v) is 6.66. The second kappa shape index (κ2) is 5.40. The van der Waals surface area contributed by atoms with Gasteiger partial charge in [0.05, 0.1) is 12.0 Å². The zero-order valence-corrected chi connectivity index (χ0v) is 11.9. The molecular weight excluding hydrogens is 262 g/mol. The zero-order valence-electron chi connectivity index (χ0n) is 11.1. The van der Waals surface area contributed by atoms with E-state index in [1.165, 1.54) is 23.3 Å². The Morgan fingerprint density at radius 3 is 2.63 bits per heavy atom. The van der Waals surface area contributed by atoms with Crippen LogP contribution < -0.4 is 0 Å². The summed E-state index contributed by atoms with van der Waals surface area (Å²) in [5.74, 6) is -0.571. The van der Waals surface area contributed by atoms with Gasteiger partial charge in [0.2, 0.25) is 0 Å². The maximum absolute atomic E-state index is 12.3. The predicted molar refractivity (Wildman–Crippen MR) is 75.5 cm³/mol. The normalized spacial score (nSPS) is 10.5. The molecule has 5 heteroatoms. The van der Waals surface area contributed by atoms with E-state index in [2.05, 4.69) is 4.74 Å². The fourth-order valence-corrected chi connectivity index (χ4v) is 3.09. The molecule has 0 aliphatic carbocycles. The maximum Gasteiger partial charge on any atom is 0.325 e. The molecule has 2 rings (SSSR count). The molecule has 4 nitrogen and oxygen atoms in total. The molecule has 1 heterocycles. The Balaban J connectivity index is 2.31. The molecule has 1 aromatic carbocycles. The highest BCUT2D eigenvalue weighted by atomic mass is 32.1. The van der Waals surface area contributed by atoms with Crippen LogP contribution in [0.1, 0.15) is 15.2 Å². The van der Waals surface area contributed by atoms with Crippen LogP contribution in [0.5, 0.6) is 0 Å². The second-order valence-electron chi connectivity index (χ2n) is 4.29. The smallest absolute Gasteiger partial charge is 0.325 e. The summed E-state index contributed by atoms with van der Waals surface area (Å²) in [4.78, 5) is 25.6. The van der Waals surface area contributed by atoms with Crippen LogP contribution in [0.25, 0.3) is 10.1 Å². The lowest BCUT2D eigenvalue weighted by atomic mass is 10.1. The van der Waals surface area contributed by atoms with E-state index in [0.717, 1.165) is 15.6 Å². The van der Waals surface area contributed by atoms with Crippen molar-refractivity contribution in [3.8, 4) is 0 Å². The molecule has 0 atom stereocenters. The van der Waals surface area contributed by atoms with Crippen LogP contribution in [0.15, 0.2) is 24.3 Å². The number of rotatable bonds is 3. The Labute approximate surface area is 115 Å². The first kappa shape index (κ1) is 13.5. The minimum atomic E-state index is -0.422. The number of benzene rings is 1. The number of aryl methyl sites for hydroxylation is 1. The van der Waals surface area contributed by atoms with Crippen molar-refractivity contribution < 1.29 is 14.3 Å². The summed E-state index contributed by atoms with van der Waals surface area (Å²) in [7, 11) is 2.91. The SMILES string of the molecule is COC(=O)CN(C)C(=O)c1sc2ccccc2c1C. The molecule has 0 fully saturated rings. The third kappa shape index (κ3) is 2.61. The Morgan fingerprint density at radius 2 is 2.00 bits per heavy atom. The van der Waals surface area contributed by atoms with Crippen molar-refractivity contribution in [2.75, 3.05) is 20.7 Å². The number of hydrogen-bond donors (Lipinski definition) is 0. The molecule has 1 aromatic heterocycles. The number of methoxy groups -OCH3 is 1. The molecule has 0 saturated heterocycles. The zero-order chi connectivity index (χ0) is 14.0. The van der Waals surface area contributed by atoms with Gasteiger partial charge in [-0.3, -0.25) is 9.59 Å². The predicted octanol–water partition coefficient (Wildman–Crippen LogP) is 2.45. The van der Waals surface area contributed by atoms with Gasteiger partial charge >= 0.3 is 5.97 Å². The van der Waals surface area contributed by atoms with E-state index in [1.54, 1.807) is 7.05 Å². The summed E-state index contributed by atoms with van der Waals surface area (Å²) >= 11 is 1.45. The molecule has 100 valence electrons. The summed E-state index contributed by atoms with van der Waals surface area (Å²) in [6.45, 7) is 1.89. The van der Waals surface area contributed by atoms with Crippen molar-refractivity contribution in [2.24, 2.45) is 0 Å². The first-order valence-electron chi connectivity index (χ1n) is 5.85. The van der Waals surface area contributed by atoms with Crippen molar-refractivity contribution >= 4 is 33.3 Å². The molecule has 0 bridgehead atoms. The summed E-state index contributed by atoms with van der Waals surface area (Å²) in [5.41, 5.74) is 0.960. The van der Waals surface area contributed by atoms with E-state index >= 15 is 0 Å². The standard InChI is InChI=1S/C14H15NO3S/c1-9-10-6-4-5-7-11(10)19-13(9)14(17)15(2)8-12(16)18-3/h4-7H,8H2,1-3H3. The van der Waals surface area contributed by atoms with E-state index < -0.39 is 5.97 Å². The van der Waals surface area contributed by atoms with Gasteiger partial charge in [0.25, 0.3) is 5.91 Å². The van der Waals surface area contributed by atoms with E-state index in [9.17, 15) is 9.59 Å². The summed E-state index contributed by atoms with van der Waals surface area (Å²) < 4.78 is 5.65. The Bertz CT molecular complexity index is 633. The third-order valence-electron chi connectivity index (χ3n) is 2.98. The lowest BCUT2D eigenvalue weighted by molar-refractivity contribution is -0.141. The topological polar surface area (TPSA) is 46.6 Å². The molecule has 19 heavy (non-hydrogen) atoms. The molecule has 0 aliphatic heterocycles. The molecule has 1 amide bonds. The van der Waals surface area contributed by atoms with Crippen LogP contribution in [-0.2, 0) is 9.53 Å². The van der Waals surface area contributed by atoms with E-state index in [4.69, 9.17) is 0 Å². The number of hydrogen-bond acceptors (Lipinski definition) is 4. The van der Waals surface area contributed by atoms with Gasteiger partial charge in [0.15, 0.2) is 0 Å². The monoisotopic (exact) mass is 277 g/mol. The molecule has 0 N–H and O–H groups in total. The highest BCUT2D eigenvalue weighted by molar-refractivity contribution is 7.21. The molecule has 0 saturated carbocycles. The number of esters is 1. The summed E-state index contributed by atoms with van der Waals surface area (Å²) in [5, 5.41) is 1.09. The largest absolute Gasteiger partial charge is 0.468 e. The van der Waals surface area contributed by atoms with Gasteiger partial charge < -0.3 is 9.64 Å². The molecule has 0 unspecified atom stereocenters. The number of nitrogens with zero attached hydrogens (tertiary/aromatic N) is 1. The maximum atomic E-state index is 12.3. The van der Waals surface area contributed by atoms with E-state index in [-0.39, 0.29) is 12.5 Å². The number of carbonyl (C=O) groups excluding carboxylic acids is 2. The van der Waals surface area contributed by atoms with Crippen molar-refractivity contribution in [1.29, 1.82) is 0 Å². The Kier molecular flexibility index (Phi) is 3.85. The van der Waals surface area contributed by atoms with Gasteiger partial charge in [-0.1, -0.05) is 18.2 Å². The Hall–Kier alpha value is -1.88. The average molecular weight is 277 g/mol. The van der Waals surface area contributed by atoms with Crippen LogP contribution in [-0.4, -0.2) is 37.5 Å². The molecule has 2 aromatic rings. The lowest BCUT2D eigenvalue weighted by Crippen LogP contribution is -2.32. The Morgan fingerprint density at radius 1 is 1.32 bits per heavy atom. The van der Waals surface area contributed by atoms with Crippen molar-refractivity contribution in [3.63, 3.8) is 0 Å².